The van der Waals surface area contributed by atoms with Gasteiger partial charge >= 0.3 is 5.97 Å². The number of aromatic nitrogens is 2. The molecular formula is C12H12ClN3O2. The smallest absolute Gasteiger partial charge is 0.337 e. The van der Waals surface area contributed by atoms with E-state index < -0.39 is 5.97 Å². The molecular weight excluding hydrogens is 254 g/mol. The Balaban J connectivity index is 2.23. The highest BCUT2D eigenvalue weighted by Crippen LogP contribution is 2.28. The molecule has 18 heavy (non-hydrogen) atoms. The number of fused-ring (bicyclic) bond motifs is 1. The molecule has 0 saturated carbocycles. The van der Waals surface area contributed by atoms with Crippen LogP contribution in [0.25, 0.3) is 5.52 Å². The van der Waals surface area contributed by atoms with Crippen molar-refractivity contribution in [2.24, 2.45) is 0 Å². The molecule has 1 atom stereocenters. The molecule has 1 aliphatic heterocycles. The number of hydrogen-bond donors (Lipinski definition) is 2. The van der Waals surface area contributed by atoms with Crippen molar-refractivity contribution in [3.05, 3.63) is 34.9 Å². The van der Waals surface area contributed by atoms with Crippen LogP contribution in [0, 0.1) is 0 Å². The number of hydrogen-bond acceptors (Lipinski definition) is 3. The largest absolute Gasteiger partial charge is 0.478 e. The zero-order valence-electron chi connectivity index (χ0n) is 9.56. The lowest BCUT2D eigenvalue weighted by Gasteiger charge is -2.07. The lowest BCUT2D eigenvalue weighted by molar-refractivity contribution is 0.0698. The third-order valence-corrected chi connectivity index (χ3v) is 3.57. The minimum atomic E-state index is -0.988. The van der Waals surface area contributed by atoms with Gasteiger partial charge in [-0.25, -0.2) is 9.78 Å². The predicted octanol–water partition coefficient (Wildman–Crippen LogP) is 1.76. The molecule has 3 heterocycles. The number of rotatable bonds is 2. The average Bonchev–Trinajstić information content (AvgIpc) is 2.97. The van der Waals surface area contributed by atoms with E-state index in [0.717, 1.165) is 25.3 Å². The van der Waals surface area contributed by atoms with Crippen LogP contribution >= 0.6 is 11.6 Å². The molecule has 1 unspecified atom stereocenters. The summed E-state index contributed by atoms with van der Waals surface area (Å²) >= 11 is 6.09. The van der Waals surface area contributed by atoms with Crippen LogP contribution in [-0.2, 0) is 0 Å². The Bertz CT molecular complexity index is 617. The second kappa shape index (κ2) is 4.26. The van der Waals surface area contributed by atoms with E-state index in [1.165, 1.54) is 0 Å². The average molecular weight is 266 g/mol. The van der Waals surface area contributed by atoms with Crippen molar-refractivity contribution >= 4 is 23.1 Å². The van der Waals surface area contributed by atoms with Crippen molar-refractivity contribution in [2.45, 2.75) is 12.3 Å². The first-order chi connectivity index (χ1) is 8.68. The van der Waals surface area contributed by atoms with E-state index in [1.807, 2.05) is 6.20 Å². The first kappa shape index (κ1) is 11.5. The quantitative estimate of drug-likeness (QED) is 0.868. The summed E-state index contributed by atoms with van der Waals surface area (Å²) in [6.45, 7) is 1.81. The molecule has 94 valence electrons. The van der Waals surface area contributed by atoms with Gasteiger partial charge in [-0.1, -0.05) is 11.6 Å². The fourth-order valence-electron chi connectivity index (χ4n) is 2.45. The van der Waals surface area contributed by atoms with E-state index >= 15 is 0 Å². The van der Waals surface area contributed by atoms with Crippen LogP contribution in [-0.4, -0.2) is 33.6 Å². The van der Waals surface area contributed by atoms with Crippen LogP contribution in [0.15, 0.2) is 18.3 Å². The lowest BCUT2D eigenvalue weighted by Crippen LogP contribution is -2.10. The fraction of sp³-hybridized carbons (Fsp3) is 0.333. The summed E-state index contributed by atoms with van der Waals surface area (Å²) in [4.78, 5) is 15.5. The zero-order valence-corrected chi connectivity index (χ0v) is 10.3. The van der Waals surface area contributed by atoms with Gasteiger partial charge in [0.05, 0.1) is 11.1 Å². The molecule has 0 radical (unpaired) electrons. The molecule has 0 amide bonds. The van der Waals surface area contributed by atoms with E-state index in [2.05, 4.69) is 10.3 Å². The minimum absolute atomic E-state index is 0.187. The maximum absolute atomic E-state index is 11.2. The lowest BCUT2D eigenvalue weighted by atomic mass is 10.1. The van der Waals surface area contributed by atoms with Crippen molar-refractivity contribution in [1.82, 2.24) is 14.7 Å². The second-order valence-electron chi connectivity index (χ2n) is 4.40. The molecule has 2 N–H and O–H groups in total. The van der Waals surface area contributed by atoms with Gasteiger partial charge in [0, 0.05) is 18.7 Å². The van der Waals surface area contributed by atoms with Crippen molar-refractivity contribution < 1.29 is 9.90 Å². The number of carboxylic acids is 1. The molecule has 2 aromatic heterocycles. The number of aromatic carboxylic acids is 1. The molecule has 1 saturated heterocycles. The summed E-state index contributed by atoms with van der Waals surface area (Å²) in [7, 11) is 0. The topological polar surface area (TPSA) is 66.6 Å². The normalized spacial score (nSPS) is 19.5. The van der Waals surface area contributed by atoms with E-state index in [9.17, 15) is 4.79 Å². The van der Waals surface area contributed by atoms with Crippen molar-refractivity contribution in [3.63, 3.8) is 0 Å². The van der Waals surface area contributed by atoms with Crippen LogP contribution in [0.3, 0.4) is 0 Å². The van der Waals surface area contributed by atoms with Crippen molar-refractivity contribution in [1.29, 1.82) is 0 Å². The van der Waals surface area contributed by atoms with Gasteiger partial charge in [-0.05, 0) is 25.1 Å². The number of carboxylic acid groups (broad SMARTS) is 1. The summed E-state index contributed by atoms with van der Waals surface area (Å²) in [5.74, 6) is 0.135. The Morgan fingerprint density at radius 2 is 2.44 bits per heavy atom. The standard InChI is InChI=1S/C12H12ClN3O2/c13-10-9-8(12(17)18)2-1-5-16(9)11(15-10)7-3-4-14-6-7/h1-2,5,7,14H,3-4,6H2,(H,17,18). The summed E-state index contributed by atoms with van der Waals surface area (Å²) in [6, 6.07) is 3.25. The Morgan fingerprint density at radius 1 is 1.61 bits per heavy atom. The molecule has 3 rings (SSSR count). The molecule has 0 aromatic carbocycles. The number of pyridine rings is 1. The number of nitrogens with zero attached hydrogens (tertiary/aromatic N) is 2. The molecule has 0 spiro atoms. The number of nitrogens with one attached hydrogen (secondary N) is 1. The zero-order chi connectivity index (χ0) is 12.7. The first-order valence-corrected chi connectivity index (χ1v) is 6.16. The maximum atomic E-state index is 11.2. The third-order valence-electron chi connectivity index (χ3n) is 3.30. The van der Waals surface area contributed by atoms with Crippen LogP contribution < -0.4 is 5.32 Å². The first-order valence-electron chi connectivity index (χ1n) is 5.79. The van der Waals surface area contributed by atoms with Gasteiger partial charge < -0.3 is 14.8 Å². The van der Waals surface area contributed by atoms with E-state index in [0.29, 0.717) is 5.52 Å². The van der Waals surface area contributed by atoms with Crippen molar-refractivity contribution in [3.8, 4) is 0 Å². The van der Waals surface area contributed by atoms with Gasteiger partial charge in [-0.15, -0.1) is 0 Å². The van der Waals surface area contributed by atoms with Crippen molar-refractivity contribution in [2.75, 3.05) is 13.1 Å². The molecule has 1 fully saturated rings. The SMILES string of the molecule is O=C(O)c1cccn2c(C3CCNC3)nc(Cl)c12. The highest BCUT2D eigenvalue weighted by atomic mass is 35.5. The van der Waals surface area contributed by atoms with Gasteiger partial charge in [0.15, 0.2) is 5.15 Å². The van der Waals surface area contributed by atoms with E-state index in [-0.39, 0.29) is 16.6 Å². The molecule has 5 nitrogen and oxygen atoms in total. The Morgan fingerprint density at radius 3 is 3.11 bits per heavy atom. The van der Waals surface area contributed by atoms with Crippen LogP contribution in [0.5, 0.6) is 0 Å². The number of imidazole rings is 1. The van der Waals surface area contributed by atoms with Gasteiger partial charge in [-0.2, -0.15) is 0 Å². The summed E-state index contributed by atoms with van der Waals surface area (Å²) < 4.78 is 1.80. The van der Waals surface area contributed by atoms with E-state index in [4.69, 9.17) is 16.7 Å². The summed E-state index contributed by atoms with van der Waals surface area (Å²) in [5.41, 5.74) is 0.667. The number of halogens is 1. The van der Waals surface area contributed by atoms with Crippen LogP contribution in [0.2, 0.25) is 5.15 Å². The van der Waals surface area contributed by atoms with Gasteiger partial charge in [0.1, 0.15) is 5.82 Å². The molecule has 1 aliphatic rings. The Labute approximate surface area is 108 Å². The van der Waals surface area contributed by atoms with Gasteiger partial charge in [0.2, 0.25) is 0 Å². The highest BCUT2D eigenvalue weighted by Gasteiger charge is 2.24. The predicted molar refractivity (Wildman–Crippen MR) is 67.4 cm³/mol. The molecule has 0 aliphatic carbocycles. The summed E-state index contributed by atoms with van der Waals surface area (Å²) in [5, 5.41) is 12.7. The molecule has 6 heteroatoms. The van der Waals surface area contributed by atoms with Gasteiger partial charge in [-0.3, -0.25) is 0 Å². The third kappa shape index (κ3) is 1.67. The highest BCUT2D eigenvalue weighted by molar-refractivity contribution is 6.33. The summed E-state index contributed by atoms with van der Waals surface area (Å²) in [6.07, 6.45) is 2.81. The van der Waals surface area contributed by atoms with Gasteiger partial charge in [0.25, 0.3) is 0 Å². The van der Waals surface area contributed by atoms with Crippen LogP contribution in [0.4, 0.5) is 0 Å². The molecule has 2 aromatic rings. The van der Waals surface area contributed by atoms with E-state index in [1.54, 1.807) is 16.5 Å². The second-order valence-corrected chi connectivity index (χ2v) is 4.75. The maximum Gasteiger partial charge on any atom is 0.337 e. The Kier molecular flexibility index (Phi) is 2.72. The number of carbonyl (C=O) groups is 1. The molecule has 0 bridgehead atoms. The Hall–Kier alpha value is -1.59. The monoisotopic (exact) mass is 265 g/mol. The van der Waals surface area contributed by atoms with Crippen LogP contribution in [0.1, 0.15) is 28.5 Å². The minimum Gasteiger partial charge on any atom is -0.478 e. The fourth-order valence-corrected chi connectivity index (χ4v) is 2.73.